The van der Waals surface area contributed by atoms with Gasteiger partial charge >= 0.3 is 11.9 Å². The molecule has 0 radical (unpaired) electrons. The van der Waals surface area contributed by atoms with E-state index in [0.29, 0.717) is 62.4 Å². The molecule has 0 saturated carbocycles. The lowest BCUT2D eigenvalue weighted by Gasteiger charge is -2.35. The van der Waals surface area contributed by atoms with Gasteiger partial charge in [-0.05, 0) is 86.9 Å². The van der Waals surface area contributed by atoms with Crippen molar-refractivity contribution in [2.45, 2.75) is 59.0 Å². The van der Waals surface area contributed by atoms with Gasteiger partial charge in [-0.2, -0.15) is 0 Å². The molecule has 0 saturated heterocycles. The fourth-order valence-electron chi connectivity index (χ4n) is 5.37. The van der Waals surface area contributed by atoms with E-state index in [0.717, 1.165) is 11.1 Å². The Morgan fingerprint density at radius 1 is 0.838 bits per heavy atom. The van der Waals surface area contributed by atoms with Crippen molar-refractivity contribution in [1.82, 2.24) is 0 Å². The molecule has 3 aromatic carbocycles. The number of ether oxygens (including phenoxy) is 1. The van der Waals surface area contributed by atoms with Crippen LogP contribution in [0.15, 0.2) is 39.3 Å². The molecule has 37 heavy (non-hydrogen) atoms. The number of carboxylic acid groups (broad SMARTS) is 1. The van der Waals surface area contributed by atoms with Crippen molar-refractivity contribution in [3.63, 3.8) is 0 Å². The van der Waals surface area contributed by atoms with Gasteiger partial charge in [-0.25, -0.2) is 9.59 Å². The minimum atomic E-state index is -1.58. The standard InChI is InChI=1S/C29H28Br2O6/c1-5-14-12-20(16(7-3)25(32)23(14)30)29(21-13-15(6-2)24(31)26(33)17(21)8-4)19-11-9-10-18(27(34)35)22(19)28(36)37-29/h9-13,32-33H,5-8H2,1-4H3,(H,34,35). The van der Waals surface area contributed by atoms with Crippen molar-refractivity contribution in [2.24, 2.45) is 0 Å². The van der Waals surface area contributed by atoms with Crippen LogP contribution in [0.3, 0.4) is 0 Å². The van der Waals surface area contributed by atoms with E-state index in [-0.39, 0.29) is 22.6 Å². The highest BCUT2D eigenvalue weighted by Gasteiger charge is 2.53. The van der Waals surface area contributed by atoms with E-state index in [1.807, 2.05) is 39.8 Å². The van der Waals surface area contributed by atoms with Crippen molar-refractivity contribution in [1.29, 1.82) is 0 Å². The van der Waals surface area contributed by atoms with E-state index >= 15 is 0 Å². The summed E-state index contributed by atoms with van der Waals surface area (Å²) in [6.07, 6.45) is 2.01. The molecule has 0 bridgehead atoms. The number of rotatable bonds is 7. The van der Waals surface area contributed by atoms with E-state index in [1.54, 1.807) is 12.1 Å². The minimum absolute atomic E-state index is 0.0278. The van der Waals surface area contributed by atoms with Crippen molar-refractivity contribution >= 4 is 43.8 Å². The number of carboxylic acids is 1. The lowest BCUT2D eigenvalue weighted by atomic mass is 9.73. The Hall–Kier alpha value is -2.84. The predicted molar refractivity (Wildman–Crippen MR) is 148 cm³/mol. The van der Waals surface area contributed by atoms with Crippen molar-refractivity contribution in [3.8, 4) is 11.5 Å². The summed E-state index contributed by atoms with van der Waals surface area (Å²) in [5, 5.41) is 32.4. The van der Waals surface area contributed by atoms with E-state index in [9.17, 15) is 24.9 Å². The van der Waals surface area contributed by atoms with E-state index in [1.165, 1.54) is 6.07 Å². The smallest absolute Gasteiger partial charge is 0.341 e. The van der Waals surface area contributed by atoms with Gasteiger partial charge in [0.15, 0.2) is 5.60 Å². The molecule has 194 valence electrons. The molecule has 0 atom stereocenters. The number of aromatic carboxylic acids is 1. The molecule has 0 aromatic heterocycles. The monoisotopic (exact) mass is 630 g/mol. The number of hydrogen-bond donors (Lipinski definition) is 3. The quantitative estimate of drug-likeness (QED) is 0.242. The first-order chi connectivity index (χ1) is 17.6. The molecule has 4 rings (SSSR count). The van der Waals surface area contributed by atoms with Crippen molar-refractivity contribution < 1.29 is 29.6 Å². The molecule has 1 aliphatic rings. The van der Waals surface area contributed by atoms with Gasteiger partial charge in [-0.1, -0.05) is 39.8 Å². The number of cyclic esters (lactones) is 1. The molecule has 6 nitrogen and oxygen atoms in total. The van der Waals surface area contributed by atoms with Crippen LogP contribution in [0.5, 0.6) is 11.5 Å². The lowest BCUT2D eigenvalue weighted by Crippen LogP contribution is -2.33. The Balaban J connectivity index is 2.30. The van der Waals surface area contributed by atoms with Gasteiger partial charge in [-0.3, -0.25) is 0 Å². The number of esters is 1. The molecule has 0 unspecified atom stereocenters. The number of hydrogen-bond acceptors (Lipinski definition) is 5. The summed E-state index contributed by atoms with van der Waals surface area (Å²) < 4.78 is 7.44. The van der Waals surface area contributed by atoms with Crippen molar-refractivity contribution in [3.05, 3.63) is 89.3 Å². The first-order valence-corrected chi connectivity index (χ1v) is 13.8. The van der Waals surface area contributed by atoms with Crippen LogP contribution in [0.1, 0.15) is 87.4 Å². The molecule has 3 N–H and O–H groups in total. The Morgan fingerprint density at radius 3 is 1.73 bits per heavy atom. The fourth-order valence-corrected chi connectivity index (χ4v) is 6.63. The highest BCUT2D eigenvalue weighted by molar-refractivity contribution is 9.11. The third kappa shape index (κ3) is 3.96. The van der Waals surface area contributed by atoms with Crippen LogP contribution in [0.2, 0.25) is 0 Å². The van der Waals surface area contributed by atoms with Crippen LogP contribution >= 0.6 is 31.9 Å². The number of carbonyl (C=O) groups is 2. The summed E-state index contributed by atoms with van der Waals surface area (Å²) in [7, 11) is 0. The first kappa shape index (κ1) is 27.2. The van der Waals surface area contributed by atoms with E-state index in [2.05, 4.69) is 31.9 Å². The number of fused-ring (bicyclic) bond motifs is 1. The fraction of sp³-hybridized carbons (Fsp3) is 0.310. The summed E-state index contributed by atoms with van der Waals surface area (Å²) in [6.45, 7) is 7.70. The van der Waals surface area contributed by atoms with Gasteiger partial charge in [0.25, 0.3) is 0 Å². The van der Waals surface area contributed by atoms with E-state index < -0.39 is 17.5 Å². The van der Waals surface area contributed by atoms with Crippen LogP contribution in [0.25, 0.3) is 0 Å². The normalized spacial score (nSPS) is 13.9. The number of benzene rings is 3. The third-order valence-electron chi connectivity index (χ3n) is 7.19. The van der Waals surface area contributed by atoms with Crippen LogP contribution in [-0.4, -0.2) is 27.3 Å². The number of phenolic OH excluding ortho intramolecular Hbond substituents is 2. The lowest BCUT2D eigenvalue weighted by molar-refractivity contribution is 0.0242. The van der Waals surface area contributed by atoms with Crippen molar-refractivity contribution in [2.75, 3.05) is 0 Å². The Bertz CT molecular complexity index is 1380. The van der Waals surface area contributed by atoms with Gasteiger partial charge in [0, 0.05) is 27.8 Å². The maximum absolute atomic E-state index is 13.5. The molecule has 0 spiro atoms. The number of carbonyl (C=O) groups excluding carboxylic acids is 1. The van der Waals surface area contributed by atoms with E-state index in [4.69, 9.17) is 4.74 Å². The second kappa shape index (κ2) is 10.1. The van der Waals surface area contributed by atoms with Crippen LogP contribution in [0, 0.1) is 0 Å². The van der Waals surface area contributed by atoms with Crippen LogP contribution in [0.4, 0.5) is 0 Å². The van der Waals surface area contributed by atoms with Gasteiger partial charge in [0.05, 0.1) is 20.1 Å². The topological polar surface area (TPSA) is 104 Å². The van der Waals surface area contributed by atoms with Crippen LogP contribution in [-0.2, 0) is 36.0 Å². The number of aryl methyl sites for hydroxylation is 2. The molecule has 0 amide bonds. The highest BCUT2D eigenvalue weighted by Crippen LogP contribution is 2.54. The summed E-state index contributed by atoms with van der Waals surface area (Å²) in [5.74, 6) is -1.91. The van der Waals surface area contributed by atoms with Gasteiger partial charge in [0.2, 0.25) is 0 Å². The summed E-state index contributed by atoms with van der Waals surface area (Å²) >= 11 is 7.03. The SMILES string of the molecule is CCc1cc(C2(c3cc(CC)c(Br)c(O)c3CC)OC(=O)c3c(C(=O)O)cccc32)c(CC)c(O)c1Br. The number of phenols is 2. The Labute approximate surface area is 232 Å². The molecule has 0 aliphatic carbocycles. The number of halogens is 2. The minimum Gasteiger partial charge on any atom is -0.506 e. The van der Waals surface area contributed by atoms with Gasteiger partial charge in [-0.15, -0.1) is 0 Å². The zero-order valence-corrected chi connectivity index (χ0v) is 24.2. The second-order valence-corrected chi connectivity index (χ2v) is 10.6. The second-order valence-electron chi connectivity index (χ2n) is 8.97. The third-order valence-corrected chi connectivity index (χ3v) is 8.96. The van der Waals surface area contributed by atoms with Crippen LogP contribution < -0.4 is 0 Å². The average Bonchev–Trinajstić information content (AvgIpc) is 3.19. The molecule has 0 fully saturated rings. The molecular weight excluding hydrogens is 604 g/mol. The average molecular weight is 632 g/mol. The first-order valence-electron chi connectivity index (χ1n) is 12.3. The highest BCUT2D eigenvalue weighted by atomic mass is 79.9. The summed E-state index contributed by atoms with van der Waals surface area (Å²) in [4.78, 5) is 25.7. The molecular formula is C29H28Br2O6. The van der Waals surface area contributed by atoms with Gasteiger partial charge < -0.3 is 20.1 Å². The Morgan fingerprint density at radius 2 is 1.32 bits per heavy atom. The molecule has 1 aliphatic heterocycles. The largest absolute Gasteiger partial charge is 0.506 e. The summed E-state index contributed by atoms with van der Waals surface area (Å²) in [5.41, 5.74) is 2.42. The zero-order chi connectivity index (χ0) is 27.2. The number of aromatic hydroxyl groups is 2. The van der Waals surface area contributed by atoms with Gasteiger partial charge in [0.1, 0.15) is 11.5 Å². The maximum atomic E-state index is 13.5. The molecule has 8 heteroatoms. The maximum Gasteiger partial charge on any atom is 0.341 e. The zero-order valence-electron chi connectivity index (χ0n) is 21.0. The summed E-state index contributed by atoms with van der Waals surface area (Å²) in [6, 6.07) is 8.48. The molecule has 3 aromatic rings. The molecule has 1 heterocycles. The predicted octanol–water partition coefficient (Wildman–Crippen LogP) is 7.03. The Kier molecular flexibility index (Phi) is 7.45.